The second kappa shape index (κ2) is 7.59. The van der Waals surface area contributed by atoms with Crippen molar-refractivity contribution in [1.82, 2.24) is 34.5 Å². The third kappa shape index (κ3) is 3.39. The summed E-state index contributed by atoms with van der Waals surface area (Å²) in [7, 11) is 0. The van der Waals surface area contributed by atoms with Crippen LogP contribution in [0.2, 0.25) is 0 Å². The Bertz CT molecular complexity index is 1120. The molecule has 0 bridgehead atoms. The molecule has 0 radical (unpaired) electrons. The average molecular weight is 418 g/mol. The van der Waals surface area contributed by atoms with Crippen LogP contribution in [0.15, 0.2) is 49.3 Å². The van der Waals surface area contributed by atoms with E-state index < -0.39 is 11.8 Å². The second-order valence-electron chi connectivity index (χ2n) is 7.18. The predicted octanol–water partition coefficient (Wildman–Crippen LogP) is 0.00210. The van der Waals surface area contributed by atoms with Crippen molar-refractivity contribution in [3.8, 4) is 5.82 Å². The number of fused-ring (bicyclic) bond motifs is 1. The average Bonchev–Trinajstić information content (AvgIpc) is 3.44. The minimum absolute atomic E-state index is 0.250. The Hall–Kier alpha value is -4.15. The first-order valence-corrected chi connectivity index (χ1v) is 9.77. The summed E-state index contributed by atoms with van der Waals surface area (Å²) in [5.41, 5.74) is 0.689. The largest absolute Gasteiger partial charge is 0.353 e. The van der Waals surface area contributed by atoms with Crippen LogP contribution in [0.3, 0.4) is 0 Å². The molecule has 1 saturated heterocycles. The lowest BCUT2D eigenvalue weighted by atomic mass is 10.1. The van der Waals surface area contributed by atoms with E-state index in [0.717, 1.165) is 10.7 Å². The molecule has 31 heavy (non-hydrogen) atoms. The molecule has 1 aromatic carbocycles. The first kappa shape index (κ1) is 18.9. The number of aromatic nitrogens is 5. The van der Waals surface area contributed by atoms with Gasteiger partial charge in [0, 0.05) is 32.2 Å². The van der Waals surface area contributed by atoms with E-state index in [1.807, 2.05) is 11.0 Å². The van der Waals surface area contributed by atoms with E-state index in [2.05, 4.69) is 20.1 Å². The molecule has 11 heteroatoms. The lowest BCUT2D eigenvalue weighted by Crippen LogP contribution is -2.52. The normalized spacial score (nSPS) is 16.1. The van der Waals surface area contributed by atoms with Crippen LogP contribution < -0.4 is 4.90 Å². The molecule has 4 heterocycles. The molecule has 11 nitrogen and oxygen atoms in total. The summed E-state index contributed by atoms with van der Waals surface area (Å²) in [6.45, 7) is 1.81. The Kier molecular flexibility index (Phi) is 4.62. The summed E-state index contributed by atoms with van der Waals surface area (Å²) in [5, 5.41) is 4.07. The van der Waals surface area contributed by atoms with Crippen LogP contribution in [0, 0.1) is 0 Å². The van der Waals surface area contributed by atoms with Gasteiger partial charge in [-0.25, -0.2) is 19.6 Å². The van der Waals surface area contributed by atoms with Crippen LogP contribution in [0.1, 0.15) is 20.7 Å². The zero-order valence-electron chi connectivity index (χ0n) is 16.5. The fraction of sp³-hybridized carbons (Fsp3) is 0.250. The Balaban J connectivity index is 1.21. The predicted molar refractivity (Wildman–Crippen MR) is 108 cm³/mol. The van der Waals surface area contributed by atoms with E-state index in [4.69, 9.17) is 0 Å². The van der Waals surface area contributed by atoms with Crippen molar-refractivity contribution >= 4 is 23.5 Å². The molecule has 3 aromatic rings. The Labute approximate surface area is 176 Å². The molecule has 0 N–H and O–H groups in total. The first-order chi connectivity index (χ1) is 15.1. The number of benzene rings is 1. The summed E-state index contributed by atoms with van der Waals surface area (Å²) in [4.78, 5) is 54.9. The van der Waals surface area contributed by atoms with E-state index in [1.54, 1.807) is 40.2 Å². The number of hydrogen-bond donors (Lipinski definition) is 0. The molecule has 2 aliphatic rings. The summed E-state index contributed by atoms with van der Waals surface area (Å²) in [6.07, 6.45) is 4.45. The van der Waals surface area contributed by atoms with Crippen LogP contribution in [0.25, 0.3) is 5.82 Å². The molecule has 0 spiro atoms. The number of anilines is 1. The fourth-order valence-electron chi connectivity index (χ4n) is 3.76. The third-order valence-electron chi connectivity index (χ3n) is 5.42. The third-order valence-corrected chi connectivity index (χ3v) is 5.42. The van der Waals surface area contributed by atoms with Gasteiger partial charge < -0.3 is 9.80 Å². The van der Waals surface area contributed by atoms with Crippen molar-refractivity contribution < 1.29 is 14.4 Å². The van der Waals surface area contributed by atoms with Crippen LogP contribution in [0.4, 0.5) is 5.82 Å². The molecular formula is C20H18N8O3. The van der Waals surface area contributed by atoms with Crippen LogP contribution in [-0.2, 0) is 4.79 Å². The zero-order valence-corrected chi connectivity index (χ0v) is 16.5. The SMILES string of the molecule is O=C(CN1C(=O)c2ccccc2C1=O)N1CCN(c2cc(-n3cncn3)ncn2)CC1. The van der Waals surface area contributed by atoms with Crippen molar-refractivity contribution in [2.24, 2.45) is 0 Å². The minimum Gasteiger partial charge on any atom is -0.353 e. The molecule has 5 rings (SSSR count). The van der Waals surface area contributed by atoms with Crippen LogP contribution >= 0.6 is 0 Å². The topological polar surface area (TPSA) is 117 Å². The first-order valence-electron chi connectivity index (χ1n) is 9.77. The number of nitrogens with zero attached hydrogens (tertiary/aromatic N) is 8. The highest BCUT2D eigenvalue weighted by Gasteiger charge is 2.37. The van der Waals surface area contributed by atoms with Crippen molar-refractivity contribution in [3.05, 3.63) is 60.4 Å². The van der Waals surface area contributed by atoms with Crippen molar-refractivity contribution in [2.45, 2.75) is 0 Å². The van der Waals surface area contributed by atoms with Crippen molar-refractivity contribution in [3.63, 3.8) is 0 Å². The van der Waals surface area contributed by atoms with Gasteiger partial charge in [-0.2, -0.15) is 5.10 Å². The van der Waals surface area contributed by atoms with Gasteiger partial charge in [-0.3, -0.25) is 19.3 Å². The second-order valence-corrected chi connectivity index (χ2v) is 7.18. The fourth-order valence-corrected chi connectivity index (χ4v) is 3.76. The van der Waals surface area contributed by atoms with E-state index in [-0.39, 0.29) is 12.5 Å². The molecule has 0 saturated carbocycles. The van der Waals surface area contributed by atoms with Gasteiger partial charge in [0.15, 0.2) is 5.82 Å². The molecule has 3 amide bonds. The summed E-state index contributed by atoms with van der Waals surface area (Å²) in [6, 6.07) is 8.43. The minimum atomic E-state index is -0.422. The summed E-state index contributed by atoms with van der Waals surface area (Å²) >= 11 is 0. The molecular weight excluding hydrogens is 400 g/mol. The summed E-state index contributed by atoms with van der Waals surface area (Å²) in [5.74, 6) is 0.239. The van der Waals surface area contributed by atoms with Crippen LogP contribution in [-0.4, -0.2) is 85.0 Å². The van der Waals surface area contributed by atoms with E-state index in [1.165, 1.54) is 12.7 Å². The smallest absolute Gasteiger partial charge is 0.262 e. The van der Waals surface area contributed by atoms with Crippen LogP contribution in [0.5, 0.6) is 0 Å². The van der Waals surface area contributed by atoms with Gasteiger partial charge in [0.25, 0.3) is 11.8 Å². The molecule has 2 aromatic heterocycles. The monoisotopic (exact) mass is 418 g/mol. The highest BCUT2D eigenvalue weighted by Crippen LogP contribution is 2.22. The lowest BCUT2D eigenvalue weighted by molar-refractivity contribution is -0.131. The molecule has 156 valence electrons. The Morgan fingerprint density at radius 1 is 0.903 bits per heavy atom. The maximum atomic E-state index is 12.8. The number of carbonyl (C=O) groups is 3. The van der Waals surface area contributed by atoms with Gasteiger partial charge in [0.05, 0.1) is 11.1 Å². The maximum Gasteiger partial charge on any atom is 0.262 e. The number of piperazine rings is 1. The van der Waals surface area contributed by atoms with Gasteiger partial charge in [-0.15, -0.1) is 0 Å². The zero-order chi connectivity index (χ0) is 21.4. The van der Waals surface area contributed by atoms with E-state index in [0.29, 0.717) is 43.1 Å². The van der Waals surface area contributed by atoms with Gasteiger partial charge in [-0.05, 0) is 12.1 Å². The highest BCUT2D eigenvalue weighted by atomic mass is 16.2. The molecule has 0 atom stereocenters. The number of hydrogen-bond acceptors (Lipinski definition) is 8. The standard InChI is InChI=1S/C20H18N8O3/c29-18(10-27-19(30)14-3-1-2-4-15(14)20(27)31)26-7-5-25(6-8-26)16-9-17(23-12-22-16)28-13-21-11-24-28/h1-4,9,11-13H,5-8,10H2. The number of rotatable bonds is 4. The highest BCUT2D eigenvalue weighted by molar-refractivity contribution is 6.22. The lowest BCUT2D eigenvalue weighted by Gasteiger charge is -2.35. The Morgan fingerprint density at radius 3 is 2.23 bits per heavy atom. The molecule has 1 fully saturated rings. The molecule has 0 unspecified atom stereocenters. The van der Waals surface area contributed by atoms with E-state index >= 15 is 0 Å². The number of carbonyl (C=O) groups excluding carboxylic acids is 3. The van der Waals surface area contributed by atoms with Crippen molar-refractivity contribution in [2.75, 3.05) is 37.6 Å². The van der Waals surface area contributed by atoms with Gasteiger partial charge >= 0.3 is 0 Å². The molecule has 0 aliphatic carbocycles. The van der Waals surface area contributed by atoms with Gasteiger partial charge in [-0.1, -0.05) is 12.1 Å². The Morgan fingerprint density at radius 2 is 1.58 bits per heavy atom. The number of amides is 3. The quantitative estimate of drug-likeness (QED) is 0.544. The maximum absolute atomic E-state index is 12.8. The molecule has 2 aliphatic heterocycles. The summed E-state index contributed by atoms with van der Waals surface area (Å²) < 4.78 is 1.55. The number of imide groups is 1. The van der Waals surface area contributed by atoms with Crippen molar-refractivity contribution in [1.29, 1.82) is 0 Å². The van der Waals surface area contributed by atoms with Gasteiger partial charge in [0.2, 0.25) is 5.91 Å². The van der Waals surface area contributed by atoms with E-state index in [9.17, 15) is 14.4 Å². The van der Waals surface area contributed by atoms with Gasteiger partial charge in [0.1, 0.15) is 31.3 Å².